The molecule has 0 fully saturated rings. The largest absolute Gasteiger partial charge is 0.422 e. The smallest absolute Gasteiger partial charge is 0.343 e. The van der Waals surface area contributed by atoms with Gasteiger partial charge in [0.25, 0.3) is 0 Å². The molecule has 2 aromatic carbocycles. The molecule has 38 heavy (non-hydrogen) atoms. The first-order chi connectivity index (χ1) is 18.2. The summed E-state index contributed by atoms with van der Waals surface area (Å²) in [6, 6.07) is 15.9. The van der Waals surface area contributed by atoms with Crippen LogP contribution in [-0.2, 0) is 0 Å². The van der Waals surface area contributed by atoms with Crippen LogP contribution >= 0.6 is 32.0 Å². The van der Waals surface area contributed by atoms with E-state index in [0.717, 1.165) is 45.8 Å². The molecule has 0 spiro atoms. The summed E-state index contributed by atoms with van der Waals surface area (Å²) in [7, 11) is 2.11. The van der Waals surface area contributed by atoms with Gasteiger partial charge >= 0.3 is 5.63 Å². The van der Waals surface area contributed by atoms with Crippen LogP contribution in [0.1, 0.15) is 58.5 Å². The lowest BCUT2D eigenvalue weighted by molar-refractivity contribution is 0.381. The van der Waals surface area contributed by atoms with Gasteiger partial charge in [-0.05, 0) is 82.5 Å². The fourth-order valence-corrected chi connectivity index (χ4v) is 5.09. The van der Waals surface area contributed by atoms with Gasteiger partial charge < -0.3 is 9.32 Å². The second-order valence-electron chi connectivity index (χ2n) is 9.86. The van der Waals surface area contributed by atoms with E-state index >= 15 is 0 Å². The number of benzene rings is 2. The average Bonchev–Trinajstić information content (AvgIpc) is 3.32. The zero-order valence-electron chi connectivity index (χ0n) is 23.2. The molecule has 0 radical (unpaired) electrons. The minimum absolute atomic E-state index is 0.0914. The van der Waals surface area contributed by atoms with Crippen molar-refractivity contribution in [2.24, 2.45) is 11.3 Å². The van der Waals surface area contributed by atoms with Gasteiger partial charge in [-0.25, -0.2) is 9.78 Å². The molecule has 0 saturated carbocycles. The molecule has 0 aliphatic carbocycles. The van der Waals surface area contributed by atoms with Gasteiger partial charge in [0.05, 0.1) is 15.8 Å². The molecular weight excluding hydrogens is 527 g/mol. The standard InChI is InChI=1S/C22H20N2O2S.C9H16.H3PS/c1-3-24(4-2)17-11-9-15-13-16(22(25)26-19(15)14-17)10-12-21-23-18-7-5-6-8-20(18)27-21;1-6-9(4,5)7-8(2)3;1-2/h5-14H,3-4H2,1-2H3;1,8H,7H2,2-5H3;2H,1H2/b12-10+;;. The van der Waals surface area contributed by atoms with Crippen LogP contribution in [0.2, 0.25) is 0 Å². The Kier molecular flexibility index (Phi) is 12.6. The Balaban J connectivity index is 0.000000394. The number of terminal acetylenes is 1. The summed E-state index contributed by atoms with van der Waals surface area (Å²) in [6.45, 7) is 14.6. The Morgan fingerprint density at radius 1 is 1.13 bits per heavy atom. The number of hydrogen-bond acceptors (Lipinski definition) is 6. The Hall–Kier alpha value is -2.58. The number of para-hydroxylation sites is 1. The van der Waals surface area contributed by atoms with Gasteiger partial charge in [-0.2, -0.15) is 12.2 Å². The molecule has 0 aliphatic heterocycles. The molecule has 2 aromatic heterocycles. The van der Waals surface area contributed by atoms with Gasteiger partial charge in [0, 0.05) is 35.6 Å². The summed E-state index contributed by atoms with van der Waals surface area (Å²) in [5, 5.41) is 1.78. The lowest BCUT2D eigenvalue weighted by atomic mass is 9.85. The van der Waals surface area contributed by atoms with E-state index in [1.807, 2.05) is 48.5 Å². The van der Waals surface area contributed by atoms with E-state index in [9.17, 15) is 4.79 Å². The molecule has 1 unspecified atom stereocenters. The number of thiol groups is 1. The summed E-state index contributed by atoms with van der Waals surface area (Å²) in [5.74, 6) is 3.48. The van der Waals surface area contributed by atoms with Gasteiger partial charge in [-0.1, -0.05) is 34.4 Å². The van der Waals surface area contributed by atoms with Gasteiger partial charge in [0.1, 0.15) is 10.6 Å². The summed E-state index contributed by atoms with van der Waals surface area (Å²) in [5.41, 5.74) is 2.93. The van der Waals surface area contributed by atoms with E-state index in [0.29, 0.717) is 17.1 Å². The van der Waals surface area contributed by atoms with Crippen molar-refractivity contribution in [3.63, 3.8) is 0 Å². The first-order valence-electron chi connectivity index (χ1n) is 12.8. The Labute approximate surface area is 238 Å². The Morgan fingerprint density at radius 3 is 2.39 bits per heavy atom. The molecule has 0 N–H and O–H groups in total. The minimum Gasteiger partial charge on any atom is -0.422 e. The van der Waals surface area contributed by atoms with Crippen LogP contribution in [0.3, 0.4) is 0 Å². The first-order valence-corrected chi connectivity index (χ1v) is 15.6. The molecule has 202 valence electrons. The lowest BCUT2D eigenvalue weighted by Crippen LogP contribution is -2.21. The highest BCUT2D eigenvalue weighted by Crippen LogP contribution is 2.25. The van der Waals surface area contributed by atoms with Crippen LogP contribution < -0.4 is 10.5 Å². The van der Waals surface area contributed by atoms with Crippen LogP contribution in [0.5, 0.6) is 0 Å². The summed E-state index contributed by atoms with van der Waals surface area (Å²) >= 11 is 5.04. The van der Waals surface area contributed by atoms with Crippen molar-refractivity contribution in [2.75, 3.05) is 18.0 Å². The second-order valence-corrected chi connectivity index (χ2v) is 10.9. The van der Waals surface area contributed by atoms with E-state index in [4.69, 9.17) is 10.8 Å². The zero-order valence-corrected chi connectivity index (χ0v) is 26.1. The number of aromatic nitrogens is 1. The highest BCUT2D eigenvalue weighted by Gasteiger charge is 2.14. The first kappa shape index (κ1) is 31.6. The van der Waals surface area contributed by atoms with Gasteiger partial charge in [-0.3, -0.25) is 0 Å². The van der Waals surface area contributed by atoms with E-state index in [2.05, 4.69) is 84.1 Å². The van der Waals surface area contributed by atoms with Crippen LogP contribution in [0.25, 0.3) is 33.3 Å². The lowest BCUT2D eigenvalue weighted by Gasteiger charge is -2.20. The highest BCUT2D eigenvalue weighted by molar-refractivity contribution is 8.31. The Bertz CT molecular complexity index is 1410. The van der Waals surface area contributed by atoms with Gasteiger partial charge in [0.2, 0.25) is 0 Å². The maximum Gasteiger partial charge on any atom is 0.343 e. The fraction of sp³-hybridized carbons (Fsp3) is 0.355. The molecule has 7 heteroatoms. The van der Waals surface area contributed by atoms with Crippen molar-refractivity contribution in [3.05, 3.63) is 69.5 Å². The SMILES string of the molecule is C#CC(C)(C)CC(C)C.CCN(CC)c1ccc2cc(/C=C/c3nc4ccccc4s3)c(=O)oc2c1.PS. The number of nitrogens with zero attached hydrogens (tertiary/aromatic N) is 2. The average molecular weight is 567 g/mol. The van der Waals surface area contributed by atoms with Crippen molar-refractivity contribution in [1.29, 1.82) is 0 Å². The molecule has 1 atom stereocenters. The van der Waals surface area contributed by atoms with E-state index in [1.54, 1.807) is 17.4 Å². The molecule has 4 nitrogen and oxygen atoms in total. The number of fused-ring (bicyclic) bond motifs is 2. The van der Waals surface area contributed by atoms with E-state index in [1.165, 1.54) is 0 Å². The predicted octanol–water partition coefficient (Wildman–Crippen LogP) is 8.82. The van der Waals surface area contributed by atoms with E-state index in [-0.39, 0.29) is 11.0 Å². The number of thiazole rings is 1. The van der Waals surface area contributed by atoms with Crippen molar-refractivity contribution in [2.45, 2.75) is 48.0 Å². The fourth-order valence-electron chi connectivity index (χ4n) is 4.22. The summed E-state index contributed by atoms with van der Waals surface area (Å²) in [4.78, 5) is 19.2. The molecule has 0 saturated heterocycles. The highest BCUT2D eigenvalue weighted by atomic mass is 32.7. The normalized spacial score (nSPS) is 11.2. The summed E-state index contributed by atoms with van der Waals surface area (Å²) in [6.07, 6.45) is 10.1. The van der Waals surface area contributed by atoms with Crippen molar-refractivity contribution in [3.8, 4) is 12.3 Å². The van der Waals surface area contributed by atoms with Gasteiger partial charge in [-0.15, -0.1) is 23.7 Å². The maximum atomic E-state index is 12.4. The number of anilines is 1. The summed E-state index contributed by atoms with van der Waals surface area (Å²) < 4.78 is 6.70. The monoisotopic (exact) mass is 566 g/mol. The van der Waals surface area contributed by atoms with E-state index < -0.39 is 0 Å². The van der Waals surface area contributed by atoms with Crippen molar-refractivity contribution < 1.29 is 4.42 Å². The van der Waals surface area contributed by atoms with Gasteiger partial charge in [0.15, 0.2) is 0 Å². The Morgan fingerprint density at radius 2 is 1.82 bits per heavy atom. The van der Waals surface area contributed by atoms with Crippen molar-refractivity contribution in [1.82, 2.24) is 4.98 Å². The van der Waals surface area contributed by atoms with Crippen molar-refractivity contribution >= 4 is 71.1 Å². The number of hydrogen-bond donors (Lipinski definition) is 1. The zero-order chi connectivity index (χ0) is 28.3. The minimum atomic E-state index is -0.337. The molecule has 4 aromatic rings. The maximum absolute atomic E-state index is 12.4. The molecule has 0 amide bonds. The molecule has 0 bridgehead atoms. The second kappa shape index (κ2) is 15.1. The molecule has 2 heterocycles. The van der Waals surface area contributed by atoms with Crippen LogP contribution in [0.4, 0.5) is 5.69 Å². The quantitative estimate of drug-likeness (QED) is 0.105. The third-order valence-corrected chi connectivity index (χ3v) is 6.90. The third kappa shape index (κ3) is 9.02. The topological polar surface area (TPSA) is 46.3 Å². The van der Waals surface area contributed by atoms with Crippen LogP contribution in [-0.4, -0.2) is 18.1 Å². The number of rotatable bonds is 7. The molecule has 4 rings (SSSR count). The molecular formula is C31H39N2O2PS2. The third-order valence-electron chi connectivity index (χ3n) is 5.90. The van der Waals surface area contributed by atoms with Crippen LogP contribution in [0.15, 0.2) is 57.7 Å². The van der Waals surface area contributed by atoms with Crippen LogP contribution in [0, 0.1) is 23.7 Å². The molecule has 0 aliphatic rings. The predicted molar refractivity (Wildman–Crippen MR) is 175 cm³/mol.